The average Bonchev–Trinajstić information content (AvgIpc) is 3.30. The van der Waals surface area contributed by atoms with Crippen molar-refractivity contribution in [3.8, 4) is 6.07 Å². The largest absolute Gasteiger partial charge is 0.331 e. The van der Waals surface area contributed by atoms with E-state index in [0.29, 0.717) is 5.56 Å². The molecule has 0 N–H and O–H groups in total. The van der Waals surface area contributed by atoms with Crippen molar-refractivity contribution in [2.45, 2.75) is 25.4 Å². The monoisotopic (exact) mass is 319 g/mol. The van der Waals surface area contributed by atoms with E-state index in [1.807, 2.05) is 6.07 Å². The summed E-state index contributed by atoms with van der Waals surface area (Å²) in [6.07, 6.45) is 3.01. The first-order valence-electron chi connectivity index (χ1n) is 6.71. The van der Waals surface area contributed by atoms with Crippen LogP contribution in [-0.4, -0.2) is 9.13 Å². The Hall–Kier alpha value is -2.39. The maximum atomic E-state index is 13.1. The Morgan fingerprint density at radius 1 is 1.36 bits per heavy atom. The van der Waals surface area contributed by atoms with Gasteiger partial charge in [-0.05, 0) is 30.5 Å². The fourth-order valence-corrected chi connectivity index (χ4v) is 2.50. The Bertz CT molecular complexity index is 906. The van der Waals surface area contributed by atoms with E-state index in [4.69, 9.17) is 16.9 Å². The number of nitrogens with zero attached hydrogens (tertiary/aromatic N) is 3. The van der Waals surface area contributed by atoms with E-state index in [0.717, 1.165) is 23.5 Å². The molecule has 112 valence electrons. The molecule has 1 aromatic carbocycles. The van der Waals surface area contributed by atoms with Crippen molar-refractivity contribution < 1.29 is 4.39 Å². The van der Waals surface area contributed by atoms with Gasteiger partial charge in [0.1, 0.15) is 17.4 Å². The molecule has 0 radical (unpaired) electrons. The predicted octanol–water partition coefficient (Wildman–Crippen LogP) is 2.06. The van der Waals surface area contributed by atoms with Gasteiger partial charge in [0.25, 0.3) is 5.56 Å². The minimum Gasteiger partial charge on any atom is -0.296 e. The molecular formula is C15H11ClFN3O2. The molecule has 0 aliphatic heterocycles. The Morgan fingerprint density at radius 3 is 2.68 bits per heavy atom. The molecule has 1 fully saturated rings. The quantitative estimate of drug-likeness (QED) is 0.869. The highest BCUT2D eigenvalue weighted by Gasteiger charge is 2.27. The van der Waals surface area contributed by atoms with Gasteiger partial charge in [0.15, 0.2) is 0 Å². The molecule has 1 heterocycles. The Morgan fingerprint density at radius 2 is 2.09 bits per heavy atom. The number of rotatable bonds is 3. The van der Waals surface area contributed by atoms with Gasteiger partial charge >= 0.3 is 5.69 Å². The van der Waals surface area contributed by atoms with E-state index >= 15 is 0 Å². The minimum absolute atomic E-state index is 0.0372. The highest BCUT2D eigenvalue weighted by atomic mass is 35.5. The molecule has 0 saturated heterocycles. The normalized spacial score (nSPS) is 13.9. The van der Waals surface area contributed by atoms with E-state index in [2.05, 4.69) is 0 Å². The summed E-state index contributed by atoms with van der Waals surface area (Å²) in [6, 6.07) is 5.60. The SMILES string of the molecule is N#Cc1cn(C2CC2)c(=O)n(Cc2ccc(F)cc2Cl)c1=O. The standard InChI is InChI=1S/C15H11ClFN3O2/c16-13-5-11(17)2-1-9(13)7-20-14(21)10(6-18)8-19(15(20)22)12-3-4-12/h1-2,5,8,12H,3-4,7H2. The van der Waals surface area contributed by atoms with Crippen LogP contribution in [0.1, 0.15) is 30.0 Å². The van der Waals surface area contributed by atoms with Crippen molar-refractivity contribution in [2.24, 2.45) is 0 Å². The molecule has 5 nitrogen and oxygen atoms in total. The van der Waals surface area contributed by atoms with Crippen LogP contribution in [0.25, 0.3) is 0 Å². The van der Waals surface area contributed by atoms with Gasteiger partial charge < -0.3 is 0 Å². The topological polar surface area (TPSA) is 67.8 Å². The van der Waals surface area contributed by atoms with Crippen molar-refractivity contribution in [3.05, 3.63) is 67.2 Å². The second-order valence-electron chi connectivity index (χ2n) is 5.20. The molecule has 1 aromatic heterocycles. The van der Waals surface area contributed by atoms with E-state index in [9.17, 15) is 14.0 Å². The van der Waals surface area contributed by atoms with Gasteiger partial charge in [0.2, 0.25) is 0 Å². The lowest BCUT2D eigenvalue weighted by Gasteiger charge is -2.11. The van der Waals surface area contributed by atoms with Crippen molar-refractivity contribution in [1.82, 2.24) is 9.13 Å². The zero-order valence-electron chi connectivity index (χ0n) is 11.4. The highest BCUT2D eigenvalue weighted by Crippen LogP contribution is 2.33. The second-order valence-corrected chi connectivity index (χ2v) is 5.61. The number of nitriles is 1. The van der Waals surface area contributed by atoms with Gasteiger partial charge in [0, 0.05) is 17.3 Å². The molecule has 1 saturated carbocycles. The van der Waals surface area contributed by atoms with Gasteiger partial charge in [-0.25, -0.2) is 9.18 Å². The van der Waals surface area contributed by atoms with Crippen molar-refractivity contribution in [1.29, 1.82) is 5.26 Å². The maximum Gasteiger partial charge on any atom is 0.331 e. The van der Waals surface area contributed by atoms with E-state index in [1.54, 1.807) is 0 Å². The lowest BCUT2D eigenvalue weighted by Crippen LogP contribution is -2.41. The molecule has 0 bridgehead atoms. The summed E-state index contributed by atoms with van der Waals surface area (Å²) < 4.78 is 15.5. The first-order chi connectivity index (χ1) is 10.5. The fourth-order valence-electron chi connectivity index (χ4n) is 2.27. The van der Waals surface area contributed by atoms with E-state index in [1.165, 1.54) is 22.9 Å². The van der Waals surface area contributed by atoms with Gasteiger partial charge in [-0.3, -0.25) is 13.9 Å². The Kier molecular flexibility index (Phi) is 3.59. The Balaban J connectivity index is 2.14. The smallest absolute Gasteiger partial charge is 0.296 e. The molecule has 0 atom stereocenters. The number of hydrogen-bond donors (Lipinski definition) is 0. The first kappa shape index (κ1) is 14.5. The second kappa shape index (κ2) is 5.43. The highest BCUT2D eigenvalue weighted by molar-refractivity contribution is 6.31. The predicted molar refractivity (Wildman–Crippen MR) is 78.5 cm³/mol. The molecular weight excluding hydrogens is 309 g/mol. The molecule has 3 rings (SSSR count). The molecule has 22 heavy (non-hydrogen) atoms. The molecule has 2 aromatic rings. The molecule has 0 amide bonds. The third kappa shape index (κ3) is 2.55. The molecule has 0 unspecified atom stereocenters. The molecule has 1 aliphatic rings. The van der Waals surface area contributed by atoms with Crippen molar-refractivity contribution in [3.63, 3.8) is 0 Å². The third-order valence-corrected chi connectivity index (χ3v) is 3.95. The molecule has 0 spiro atoms. The number of benzene rings is 1. The van der Waals surface area contributed by atoms with Crippen LogP contribution in [0.4, 0.5) is 4.39 Å². The molecule has 7 heteroatoms. The Labute approximate surface area is 129 Å². The van der Waals surface area contributed by atoms with Crippen molar-refractivity contribution >= 4 is 11.6 Å². The van der Waals surface area contributed by atoms with Crippen LogP contribution in [-0.2, 0) is 6.54 Å². The first-order valence-corrected chi connectivity index (χ1v) is 7.09. The summed E-state index contributed by atoms with van der Waals surface area (Å²) in [4.78, 5) is 24.6. The summed E-state index contributed by atoms with van der Waals surface area (Å²) in [5, 5.41) is 9.19. The van der Waals surface area contributed by atoms with Gasteiger partial charge in [0.05, 0.1) is 6.54 Å². The number of hydrogen-bond acceptors (Lipinski definition) is 3. The van der Waals surface area contributed by atoms with E-state index < -0.39 is 17.1 Å². The van der Waals surface area contributed by atoms with Gasteiger partial charge in [-0.1, -0.05) is 17.7 Å². The fraction of sp³-hybridized carbons (Fsp3) is 0.267. The summed E-state index contributed by atoms with van der Waals surface area (Å²) in [5.74, 6) is -0.498. The van der Waals surface area contributed by atoms with Crippen LogP contribution in [0.2, 0.25) is 5.02 Å². The maximum absolute atomic E-state index is 13.1. The summed E-state index contributed by atoms with van der Waals surface area (Å²) >= 11 is 5.94. The van der Waals surface area contributed by atoms with Crippen LogP contribution in [0.15, 0.2) is 34.0 Å². The minimum atomic E-state index is -0.662. The number of halogens is 2. The summed E-state index contributed by atoms with van der Waals surface area (Å²) in [5.41, 5.74) is -0.791. The summed E-state index contributed by atoms with van der Waals surface area (Å²) in [6.45, 7) is -0.0982. The zero-order chi connectivity index (χ0) is 15.9. The lowest BCUT2D eigenvalue weighted by molar-refractivity contribution is 0.586. The molecule has 1 aliphatic carbocycles. The van der Waals surface area contributed by atoms with Crippen LogP contribution in [0, 0.1) is 17.1 Å². The summed E-state index contributed by atoms with van der Waals surface area (Å²) in [7, 11) is 0. The van der Waals surface area contributed by atoms with Crippen LogP contribution in [0.3, 0.4) is 0 Å². The van der Waals surface area contributed by atoms with Crippen LogP contribution >= 0.6 is 11.6 Å². The average molecular weight is 320 g/mol. The van der Waals surface area contributed by atoms with Gasteiger partial charge in [-0.2, -0.15) is 5.26 Å². The van der Waals surface area contributed by atoms with E-state index in [-0.39, 0.29) is 23.2 Å². The zero-order valence-corrected chi connectivity index (χ0v) is 12.2. The lowest BCUT2D eigenvalue weighted by atomic mass is 10.2. The van der Waals surface area contributed by atoms with Crippen LogP contribution in [0.5, 0.6) is 0 Å². The van der Waals surface area contributed by atoms with Crippen LogP contribution < -0.4 is 11.2 Å². The third-order valence-electron chi connectivity index (χ3n) is 3.60. The van der Waals surface area contributed by atoms with Crippen molar-refractivity contribution in [2.75, 3.05) is 0 Å². The van der Waals surface area contributed by atoms with Gasteiger partial charge in [-0.15, -0.1) is 0 Å². The number of aromatic nitrogens is 2.